The van der Waals surface area contributed by atoms with Gasteiger partial charge in [0.1, 0.15) is 17.2 Å². The van der Waals surface area contributed by atoms with Crippen molar-refractivity contribution in [3.05, 3.63) is 29.8 Å². The highest BCUT2D eigenvalue weighted by molar-refractivity contribution is 6.01. The maximum atomic E-state index is 5.97. The van der Waals surface area contributed by atoms with Crippen molar-refractivity contribution in [2.24, 2.45) is 4.99 Å². The van der Waals surface area contributed by atoms with Crippen LogP contribution in [0.15, 0.2) is 29.3 Å². The number of rotatable bonds is 2. The second-order valence-corrected chi connectivity index (χ2v) is 5.22. The van der Waals surface area contributed by atoms with Crippen LogP contribution in [0.4, 0.5) is 0 Å². The van der Waals surface area contributed by atoms with E-state index in [1.165, 1.54) is 0 Å². The average molecular weight is 232 g/mol. The Morgan fingerprint density at radius 3 is 2.65 bits per heavy atom. The van der Waals surface area contributed by atoms with Crippen molar-refractivity contribution < 1.29 is 4.74 Å². The summed E-state index contributed by atoms with van der Waals surface area (Å²) < 4.78 is 5.97. The van der Waals surface area contributed by atoms with Gasteiger partial charge in [-0.1, -0.05) is 12.1 Å². The second kappa shape index (κ2) is 4.78. The molecule has 3 nitrogen and oxygen atoms in total. The van der Waals surface area contributed by atoms with Crippen molar-refractivity contribution in [3.8, 4) is 5.75 Å². The van der Waals surface area contributed by atoms with Gasteiger partial charge in [0.05, 0.1) is 5.56 Å². The van der Waals surface area contributed by atoms with Crippen molar-refractivity contribution >= 4 is 5.84 Å². The quantitative estimate of drug-likeness (QED) is 0.850. The van der Waals surface area contributed by atoms with Gasteiger partial charge in [-0.3, -0.25) is 4.99 Å². The largest absolute Gasteiger partial charge is 0.487 e. The first-order valence-corrected chi connectivity index (χ1v) is 6.13. The summed E-state index contributed by atoms with van der Waals surface area (Å²) in [4.78, 5) is 4.52. The minimum atomic E-state index is -0.189. The lowest BCUT2D eigenvalue weighted by Gasteiger charge is -2.24. The molecule has 0 fully saturated rings. The van der Waals surface area contributed by atoms with Crippen LogP contribution in [0.5, 0.6) is 5.75 Å². The van der Waals surface area contributed by atoms with E-state index in [0.29, 0.717) is 0 Å². The van der Waals surface area contributed by atoms with Gasteiger partial charge in [0.15, 0.2) is 0 Å². The fourth-order valence-corrected chi connectivity index (χ4v) is 1.79. The lowest BCUT2D eigenvalue weighted by Crippen LogP contribution is -2.31. The van der Waals surface area contributed by atoms with Crippen LogP contribution in [0.25, 0.3) is 0 Å². The molecule has 0 spiro atoms. The third-order valence-corrected chi connectivity index (χ3v) is 2.46. The maximum Gasteiger partial charge on any atom is 0.132 e. The van der Waals surface area contributed by atoms with E-state index in [2.05, 4.69) is 37.1 Å². The fourth-order valence-electron chi connectivity index (χ4n) is 1.79. The third kappa shape index (κ3) is 3.22. The van der Waals surface area contributed by atoms with Crippen molar-refractivity contribution in [3.63, 3.8) is 0 Å². The van der Waals surface area contributed by atoms with Gasteiger partial charge < -0.3 is 10.1 Å². The van der Waals surface area contributed by atoms with Crippen LogP contribution in [0.1, 0.15) is 32.8 Å². The molecule has 0 bridgehead atoms. The van der Waals surface area contributed by atoms with Gasteiger partial charge in [-0.25, -0.2) is 0 Å². The van der Waals surface area contributed by atoms with E-state index < -0.39 is 0 Å². The van der Waals surface area contributed by atoms with E-state index in [0.717, 1.165) is 36.7 Å². The molecule has 1 heterocycles. The van der Waals surface area contributed by atoms with Crippen LogP contribution in [0.3, 0.4) is 0 Å². The Balaban J connectivity index is 2.30. The zero-order valence-electron chi connectivity index (χ0n) is 10.8. The Kier molecular flexibility index (Phi) is 3.36. The lowest BCUT2D eigenvalue weighted by atomic mass is 10.1. The molecule has 2 rings (SSSR count). The standard InChI is InChI=1S/C14H20N2O/c1-14(2,3)17-12-8-5-4-7-11(12)13-15-9-6-10-16-13/h4-5,7-8H,6,9-10H2,1-3H3,(H,15,16). The summed E-state index contributed by atoms with van der Waals surface area (Å²) in [7, 11) is 0. The second-order valence-electron chi connectivity index (χ2n) is 5.22. The van der Waals surface area contributed by atoms with Crippen molar-refractivity contribution in [1.29, 1.82) is 0 Å². The molecule has 0 aliphatic carbocycles. The highest BCUT2D eigenvalue weighted by Crippen LogP contribution is 2.23. The van der Waals surface area contributed by atoms with Gasteiger partial charge in [-0.15, -0.1) is 0 Å². The Bertz CT molecular complexity index is 418. The zero-order valence-corrected chi connectivity index (χ0v) is 10.8. The number of hydrogen-bond donors (Lipinski definition) is 1. The van der Waals surface area contributed by atoms with Crippen molar-refractivity contribution in [1.82, 2.24) is 5.32 Å². The molecule has 1 N–H and O–H groups in total. The zero-order chi connectivity index (χ0) is 12.3. The summed E-state index contributed by atoms with van der Waals surface area (Å²) in [5.74, 6) is 1.85. The summed E-state index contributed by atoms with van der Waals surface area (Å²) in [6.07, 6.45) is 1.10. The minimum absolute atomic E-state index is 0.189. The molecular weight excluding hydrogens is 212 g/mol. The Hall–Kier alpha value is -1.51. The number of benzene rings is 1. The van der Waals surface area contributed by atoms with Gasteiger partial charge in [-0.2, -0.15) is 0 Å². The van der Waals surface area contributed by atoms with Gasteiger partial charge >= 0.3 is 0 Å². The smallest absolute Gasteiger partial charge is 0.132 e. The number of ether oxygens (including phenoxy) is 1. The van der Waals surface area contributed by atoms with E-state index >= 15 is 0 Å². The Labute approximate surface area is 103 Å². The van der Waals surface area contributed by atoms with Crippen molar-refractivity contribution in [2.45, 2.75) is 32.8 Å². The molecule has 0 saturated heterocycles. The molecule has 0 radical (unpaired) electrons. The minimum Gasteiger partial charge on any atom is -0.487 e. The van der Waals surface area contributed by atoms with Crippen molar-refractivity contribution in [2.75, 3.05) is 13.1 Å². The molecule has 1 aromatic carbocycles. The molecule has 0 unspecified atom stereocenters. The highest BCUT2D eigenvalue weighted by Gasteiger charge is 2.17. The van der Waals surface area contributed by atoms with Crippen LogP contribution >= 0.6 is 0 Å². The summed E-state index contributed by atoms with van der Waals surface area (Å²) in [5.41, 5.74) is 0.868. The van der Waals surface area contributed by atoms with Crippen LogP contribution in [-0.4, -0.2) is 24.5 Å². The number of nitrogens with zero attached hydrogens (tertiary/aromatic N) is 1. The summed E-state index contributed by atoms with van der Waals surface area (Å²) in [5, 5.41) is 3.33. The molecule has 3 heteroatoms. The first-order chi connectivity index (χ1) is 8.06. The topological polar surface area (TPSA) is 33.6 Å². The molecule has 92 valence electrons. The lowest BCUT2D eigenvalue weighted by molar-refractivity contribution is 0.130. The van der Waals surface area contributed by atoms with Crippen LogP contribution in [0, 0.1) is 0 Å². The molecular formula is C14H20N2O. The van der Waals surface area contributed by atoms with Crippen LogP contribution < -0.4 is 10.1 Å². The SMILES string of the molecule is CC(C)(C)Oc1ccccc1C1=NCCCN1. The molecule has 0 atom stereocenters. The van der Waals surface area contributed by atoms with Gasteiger partial charge in [0.25, 0.3) is 0 Å². The first kappa shape index (κ1) is 12.0. The van der Waals surface area contributed by atoms with Crippen LogP contribution in [-0.2, 0) is 0 Å². The van der Waals surface area contributed by atoms with Gasteiger partial charge in [0.2, 0.25) is 0 Å². The molecule has 1 aromatic rings. The van der Waals surface area contributed by atoms with Gasteiger partial charge in [-0.05, 0) is 39.3 Å². The number of amidine groups is 1. The van der Waals surface area contributed by atoms with Gasteiger partial charge in [0, 0.05) is 13.1 Å². The predicted molar refractivity (Wildman–Crippen MR) is 70.8 cm³/mol. The van der Waals surface area contributed by atoms with E-state index in [1.807, 2.05) is 18.2 Å². The fraction of sp³-hybridized carbons (Fsp3) is 0.500. The Morgan fingerprint density at radius 1 is 1.24 bits per heavy atom. The maximum absolute atomic E-state index is 5.97. The van der Waals surface area contributed by atoms with E-state index in [-0.39, 0.29) is 5.60 Å². The number of nitrogens with one attached hydrogen (secondary N) is 1. The first-order valence-electron chi connectivity index (χ1n) is 6.13. The highest BCUT2D eigenvalue weighted by atomic mass is 16.5. The molecule has 0 saturated carbocycles. The monoisotopic (exact) mass is 232 g/mol. The summed E-state index contributed by atoms with van der Waals surface area (Å²) in [6, 6.07) is 8.06. The molecule has 0 amide bonds. The van der Waals surface area contributed by atoms with E-state index in [9.17, 15) is 0 Å². The van der Waals surface area contributed by atoms with Crippen LogP contribution in [0.2, 0.25) is 0 Å². The Morgan fingerprint density at radius 2 is 2.00 bits per heavy atom. The number of para-hydroxylation sites is 1. The molecule has 1 aliphatic rings. The van der Waals surface area contributed by atoms with E-state index in [1.54, 1.807) is 0 Å². The number of hydrogen-bond acceptors (Lipinski definition) is 3. The summed E-state index contributed by atoms with van der Waals surface area (Å²) >= 11 is 0. The molecule has 17 heavy (non-hydrogen) atoms. The average Bonchev–Trinajstić information content (AvgIpc) is 2.29. The third-order valence-electron chi connectivity index (χ3n) is 2.46. The summed E-state index contributed by atoms with van der Waals surface area (Å²) in [6.45, 7) is 8.05. The van der Waals surface area contributed by atoms with E-state index in [4.69, 9.17) is 4.74 Å². The molecule has 0 aromatic heterocycles. The normalized spacial score (nSPS) is 16.1. The molecule has 1 aliphatic heterocycles. The number of aliphatic imine (C=N–C) groups is 1. The predicted octanol–water partition coefficient (Wildman–Crippen LogP) is 2.60.